The van der Waals surface area contributed by atoms with Crippen molar-refractivity contribution in [1.82, 2.24) is 0 Å². The Morgan fingerprint density at radius 2 is 2.36 bits per heavy atom. The van der Waals surface area contributed by atoms with Crippen molar-refractivity contribution in [3.63, 3.8) is 0 Å². The van der Waals surface area contributed by atoms with E-state index >= 15 is 0 Å². The predicted molar refractivity (Wildman–Crippen MR) is 53.6 cm³/mol. The number of halogens is 1. The zero-order valence-corrected chi connectivity index (χ0v) is 8.83. The molecule has 2 rings (SSSR count). The van der Waals surface area contributed by atoms with Crippen LogP contribution in [0.5, 0.6) is 11.5 Å². The van der Waals surface area contributed by atoms with Gasteiger partial charge in [-0.15, -0.1) is 0 Å². The first-order valence-corrected chi connectivity index (χ1v) is 4.89. The van der Waals surface area contributed by atoms with Crippen molar-refractivity contribution in [2.45, 2.75) is 6.42 Å². The van der Waals surface area contributed by atoms with Crippen LogP contribution in [-0.2, 0) is 6.42 Å². The number of amides is 1. The molecule has 1 aromatic carbocycles. The normalized spacial score (nSPS) is 13.2. The third kappa shape index (κ3) is 1.55. The molecule has 0 saturated carbocycles. The number of rotatable bonds is 1. The van der Waals surface area contributed by atoms with Crippen molar-refractivity contribution in [3.8, 4) is 11.5 Å². The molecule has 0 fully saturated rings. The van der Waals surface area contributed by atoms with E-state index in [1.54, 1.807) is 6.07 Å². The summed E-state index contributed by atoms with van der Waals surface area (Å²) in [7, 11) is 0. The van der Waals surface area contributed by atoms with Crippen LogP contribution in [0.1, 0.15) is 5.56 Å². The van der Waals surface area contributed by atoms with Crippen LogP contribution in [0, 0.1) is 0 Å². The molecule has 74 valence electrons. The summed E-state index contributed by atoms with van der Waals surface area (Å²) in [5.41, 5.74) is 5.95. The van der Waals surface area contributed by atoms with E-state index in [2.05, 4.69) is 15.9 Å². The molecule has 1 heterocycles. The summed E-state index contributed by atoms with van der Waals surface area (Å²) in [5.74, 6) is 0.992. The van der Waals surface area contributed by atoms with E-state index < -0.39 is 6.09 Å². The number of nitrogens with two attached hydrogens (primary N) is 1. The van der Waals surface area contributed by atoms with Crippen LogP contribution < -0.4 is 15.2 Å². The smallest absolute Gasteiger partial charge is 0.410 e. The van der Waals surface area contributed by atoms with Crippen molar-refractivity contribution in [1.29, 1.82) is 0 Å². The fourth-order valence-electron chi connectivity index (χ4n) is 1.42. The largest absolute Gasteiger partial charge is 0.489 e. The molecule has 0 radical (unpaired) electrons. The maximum Gasteiger partial charge on any atom is 0.410 e. The van der Waals surface area contributed by atoms with Crippen LogP contribution in [0.3, 0.4) is 0 Å². The lowest BCUT2D eigenvalue weighted by molar-refractivity contribution is 0.208. The first kappa shape index (κ1) is 9.33. The van der Waals surface area contributed by atoms with Gasteiger partial charge in [0, 0.05) is 16.5 Å². The molecule has 1 aromatic rings. The second-order valence-corrected chi connectivity index (χ2v) is 3.73. The highest BCUT2D eigenvalue weighted by Crippen LogP contribution is 2.39. The van der Waals surface area contributed by atoms with Crippen LogP contribution in [0.25, 0.3) is 0 Å². The molecule has 0 aromatic heterocycles. The van der Waals surface area contributed by atoms with E-state index in [1.165, 1.54) is 0 Å². The molecule has 0 spiro atoms. The van der Waals surface area contributed by atoms with E-state index in [0.29, 0.717) is 18.1 Å². The van der Waals surface area contributed by atoms with Gasteiger partial charge in [-0.3, -0.25) is 0 Å². The molecule has 0 unspecified atom stereocenters. The SMILES string of the molecule is NC(=O)Oc1ccc(Br)c2c1OCC2. The number of carbonyl (C=O) groups is 1. The fraction of sp³-hybridized carbons (Fsp3) is 0.222. The van der Waals surface area contributed by atoms with Gasteiger partial charge in [-0.05, 0) is 12.1 Å². The first-order valence-electron chi connectivity index (χ1n) is 4.10. The maximum atomic E-state index is 10.6. The molecule has 5 heteroatoms. The standard InChI is InChI=1S/C9H8BrNO3/c10-6-1-2-7(14-9(11)12)8-5(6)3-4-13-8/h1-2H,3-4H2,(H2,11,12). The van der Waals surface area contributed by atoms with E-state index in [-0.39, 0.29) is 0 Å². The fourth-order valence-corrected chi connectivity index (χ4v) is 1.93. The highest BCUT2D eigenvalue weighted by atomic mass is 79.9. The van der Waals surface area contributed by atoms with Crippen molar-refractivity contribution in [2.24, 2.45) is 5.73 Å². The van der Waals surface area contributed by atoms with Crippen molar-refractivity contribution in [2.75, 3.05) is 6.61 Å². The number of benzene rings is 1. The van der Waals surface area contributed by atoms with Gasteiger partial charge < -0.3 is 15.2 Å². The lowest BCUT2D eigenvalue weighted by atomic mass is 10.1. The quantitative estimate of drug-likeness (QED) is 0.835. The van der Waals surface area contributed by atoms with E-state index in [1.807, 2.05) is 6.07 Å². The summed E-state index contributed by atoms with van der Waals surface area (Å²) in [6.07, 6.45) is -0.0173. The number of primary amides is 1. The summed E-state index contributed by atoms with van der Waals surface area (Å²) >= 11 is 3.40. The van der Waals surface area contributed by atoms with Gasteiger partial charge in [0.1, 0.15) is 0 Å². The minimum Gasteiger partial charge on any atom is -0.489 e. The minimum absolute atomic E-state index is 0.383. The van der Waals surface area contributed by atoms with Gasteiger partial charge in [-0.1, -0.05) is 15.9 Å². The van der Waals surface area contributed by atoms with Crippen molar-refractivity contribution < 1.29 is 14.3 Å². The molecule has 2 N–H and O–H groups in total. The molecular weight excluding hydrogens is 250 g/mol. The zero-order valence-electron chi connectivity index (χ0n) is 7.25. The summed E-state index contributed by atoms with van der Waals surface area (Å²) < 4.78 is 11.1. The van der Waals surface area contributed by atoms with Crippen LogP contribution in [0.4, 0.5) is 4.79 Å². The first-order chi connectivity index (χ1) is 6.68. The minimum atomic E-state index is -0.829. The van der Waals surface area contributed by atoms with Crippen molar-refractivity contribution >= 4 is 22.0 Å². The van der Waals surface area contributed by atoms with Gasteiger partial charge >= 0.3 is 6.09 Å². The van der Waals surface area contributed by atoms with Crippen molar-refractivity contribution in [3.05, 3.63) is 22.2 Å². The number of ether oxygens (including phenoxy) is 2. The molecule has 1 aliphatic heterocycles. The lowest BCUT2D eigenvalue weighted by Gasteiger charge is -2.07. The van der Waals surface area contributed by atoms with Gasteiger partial charge in [0.25, 0.3) is 0 Å². The van der Waals surface area contributed by atoms with Gasteiger partial charge in [0.2, 0.25) is 0 Å². The second kappa shape index (κ2) is 3.49. The maximum absolute atomic E-state index is 10.6. The summed E-state index contributed by atoms with van der Waals surface area (Å²) in [6.45, 7) is 0.604. The summed E-state index contributed by atoms with van der Waals surface area (Å²) in [4.78, 5) is 10.6. The second-order valence-electron chi connectivity index (χ2n) is 2.87. The molecule has 0 bridgehead atoms. The Hall–Kier alpha value is -1.23. The van der Waals surface area contributed by atoms with Crippen LogP contribution >= 0.6 is 15.9 Å². The van der Waals surface area contributed by atoms with Crippen LogP contribution in [0.2, 0.25) is 0 Å². The molecule has 0 aliphatic carbocycles. The molecule has 0 saturated heterocycles. The van der Waals surface area contributed by atoms with Gasteiger partial charge in [-0.2, -0.15) is 0 Å². The third-order valence-corrected chi connectivity index (χ3v) is 2.72. The average Bonchev–Trinajstić information content (AvgIpc) is 2.58. The van der Waals surface area contributed by atoms with Crippen LogP contribution in [-0.4, -0.2) is 12.7 Å². The summed E-state index contributed by atoms with van der Waals surface area (Å²) in [6, 6.07) is 3.46. The molecular formula is C9H8BrNO3. The Bertz CT molecular complexity index is 392. The third-order valence-electron chi connectivity index (χ3n) is 1.98. The monoisotopic (exact) mass is 257 g/mol. The van der Waals surface area contributed by atoms with E-state index in [9.17, 15) is 4.79 Å². The number of hydrogen-bond acceptors (Lipinski definition) is 3. The Balaban J connectivity index is 2.43. The van der Waals surface area contributed by atoms with E-state index in [0.717, 1.165) is 16.5 Å². The predicted octanol–water partition coefficient (Wildman–Crippen LogP) is 1.84. The lowest BCUT2D eigenvalue weighted by Crippen LogP contribution is -2.16. The highest BCUT2D eigenvalue weighted by Gasteiger charge is 2.21. The van der Waals surface area contributed by atoms with Crippen LogP contribution in [0.15, 0.2) is 16.6 Å². The zero-order chi connectivity index (χ0) is 10.1. The Labute approximate surface area is 89.1 Å². The number of hydrogen-bond donors (Lipinski definition) is 1. The molecule has 0 atom stereocenters. The number of carbonyl (C=O) groups excluding carboxylic acids is 1. The molecule has 1 aliphatic rings. The molecule has 1 amide bonds. The van der Waals surface area contributed by atoms with Gasteiger partial charge in [0.15, 0.2) is 11.5 Å². The van der Waals surface area contributed by atoms with Gasteiger partial charge in [0.05, 0.1) is 6.61 Å². The topological polar surface area (TPSA) is 61.6 Å². The van der Waals surface area contributed by atoms with Gasteiger partial charge in [-0.25, -0.2) is 4.79 Å². The highest BCUT2D eigenvalue weighted by molar-refractivity contribution is 9.10. The molecule has 14 heavy (non-hydrogen) atoms. The number of fused-ring (bicyclic) bond motifs is 1. The van der Waals surface area contributed by atoms with E-state index in [4.69, 9.17) is 15.2 Å². The Morgan fingerprint density at radius 3 is 3.07 bits per heavy atom. The summed E-state index contributed by atoms with van der Waals surface area (Å²) in [5, 5.41) is 0. The Morgan fingerprint density at radius 1 is 1.57 bits per heavy atom. The average molecular weight is 258 g/mol. The molecule has 4 nitrogen and oxygen atoms in total. The Kier molecular flexibility index (Phi) is 2.33.